The number of carbonyl (C=O) groups excluding carboxylic acids is 1. The van der Waals surface area contributed by atoms with E-state index in [1.807, 2.05) is 35.4 Å². The number of carbonyl (C=O) groups is 1. The first-order valence-corrected chi connectivity index (χ1v) is 10.0. The monoisotopic (exact) mass is 383 g/mol. The maximum Gasteiger partial charge on any atom is 0.254 e. The summed E-state index contributed by atoms with van der Waals surface area (Å²) in [6.45, 7) is 2.50. The van der Waals surface area contributed by atoms with Crippen LogP contribution in [0.2, 0.25) is 0 Å². The molecular weight excluding hydrogens is 362 g/mol. The van der Waals surface area contributed by atoms with Crippen LogP contribution in [0.25, 0.3) is 11.0 Å². The number of amides is 1. The molecule has 1 aromatic heterocycles. The smallest absolute Gasteiger partial charge is 0.254 e. The van der Waals surface area contributed by atoms with Gasteiger partial charge in [-0.3, -0.25) is 9.78 Å². The molecule has 2 unspecified atom stereocenters. The number of fused-ring (bicyclic) bond motifs is 2. The molecule has 0 saturated carbocycles. The van der Waals surface area contributed by atoms with Gasteiger partial charge < -0.3 is 9.80 Å². The Bertz CT molecular complexity index is 1100. The van der Waals surface area contributed by atoms with Gasteiger partial charge in [0, 0.05) is 25.2 Å². The molecule has 2 aromatic carbocycles. The second-order valence-corrected chi connectivity index (χ2v) is 7.76. The van der Waals surface area contributed by atoms with Crippen LogP contribution in [0.15, 0.2) is 54.7 Å². The largest absolute Gasteiger partial charge is 0.353 e. The Kier molecular flexibility index (Phi) is 4.36. The van der Waals surface area contributed by atoms with Crippen LogP contribution < -0.4 is 4.90 Å². The highest BCUT2D eigenvalue weighted by atomic mass is 16.2. The van der Waals surface area contributed by atoms with Gasteiger partial charge in [-0.05, 0) is 55.2 Å². The van der Waals surface area contributed by atoms with Gasteiger partial charge in [0.2, 0.25) is 0 Å². The fraction of sp³-hybridized carbons (Fsp3) is 0.304. The Hall–Kier alpha value is -3.46. The number of aromatic nitrogens is 2. The van der Waals surface area contributed by atoms with Crippen LogP contribution in [0.5, 0.6) is 0 Å². The summed E-state index contributed by atoms with van der Waals surface area (Å²) in [4.78, 5) is 26.7. The van der Waals surface area contributed by atoms with Crippen LogP contribution in [0.1, 0.15) is 28.8 Å². The molecule has 6 nitrogen and oxygen atoms in total. The molecule has 3 heterocycles. The Morgan fingerprint density at radius 2 is 1.79 bits per heavy atom. The second-order valence-electron chi connectivity index (χ2n) is 7.76. The van der Waals surface area contributed by atoms with Gasteiger partial charge in [0.1, 0.15) is 5.82 Å². The molecule has 2 atom stereocenters. The first kappa shape index (κ1) is 17.6. The summed E-state index contributed by atoms with van der Waals surface area (Å²) >= 11 is 0. The predicted octanol–water partition coefficient (Wildman–Crippen LogP) is 3.24. The Labute approximate surface area is 169 Å². The zero-order chi connectivity index (χ0) is 19.8. The van der Waals surface area contributed by atoms with E-state index in [1.54, 1.807) is 24.3 Å². The average molecular weight is 383 g/mol. The van der Waals surface area contributed by atoms with Crippen molar-refractivity contribution in [1.82, 2.24) is 14.9 Å². The highest BCUT2D eigenvalue weighted by Crippen LogP contribution is 2.34. The molecule has 5 rings (SSSR count). The van der Waals surface area contributed by atoms with Crippen LogP contribution in [0.4, 0.5) is 5.82 Å². The van der Waals surface area contributed by atoms with E-state index < -0.39 is 0 Å². The third-order valence-electron chi connectivity index (χ3n) is 6.14. The van der Waals surface area contributed by atoms with Crippen LogP contribution in [0, 0.1) is 17.2 Å². The van der Waals surface area contributed by atoms with Crippen molar-refractivity contribution in [2.75, 3.05) is 24.5 Å². The standard InChI is InChI=1S/C23H21N5O/c24-13-16-5-7-18(8-6-16)23(29)28-12-10-17-9-11-27(15-21(17)28)22-14-25-19-3-1-2-4-20(19)26-22/h1-8,14,17,21H,9-12,15H2. The molecular formula is C23H21N5O. The molecule has 2 aliphatic rings. The molecule has 1 amide bonds. The highest BCUT2D eigenvalue weighted by Gasteiger charge is 2.41. The molecule has 3 aromatic rings. The first-order valence-electron chi connectivity index (χ1n) is 10.0. The van der Waals surface area contributed by atoms with Gasteiger partial charge in [0.05, 0.1) is 34.9 Å². The Balaban J connectivity index is 1.37. The summed E-state index contributed by atoms with van der Waals surface area (Å²) < 4.78 is 0. The minimum Gasteiger partial charge on any atom is -0.353 e. The van der Waals surface area contributed by atoms with E-state index in [2.05, 4.69) is 16.0 Å². The molecule has 0 bridgehead atoms. The lowest BCUT2D eigenvalue weighted by Crippen LogP contribution is -2.50. The fourth-order valence-corrected chi connectivity index (χ4v) is 4.55. The van der Waals surface area contributed by atoms with Crippen molar-refractivity contribution >= 4 is 22.8 Å². The van der Waals surface area contributed by atoms with Gasteiger partial charge in [-0.2, -0.15) is 5.26 Å². The van der Waals surface area contributed by atoms with E-state index in [-0.39, 0.29) is 11.9 Å². The molecule has 0 N–H and O–H groups in total. The van der Waals surface area contributed by atoms with Gasteiger partial charge in [-0.25, -0.2) is 4.98 Å². The number of hydrogen-bond donors (Lipinski definition) is 0. The van der Waals surface area contributed by atoms with E-state index >= 15 is 0 Å². The number of hydrogen-bond acceptors (Lipinski definition) is 5. The lowest BCUT2D eigenvalue weighted by atomic mass is 9.92. The SMILES string of the molecule is N#Cc1ccc(C(=O)N2CCC3CCN(c4cnc5ccccc5n4)CC32)cc1. The number of piperidine rings is 1. The fourth-order valence-electron chi connectivity index (χ4n) is 4.55. The van der Waals surface area contributed by atoms with Gasteiger partial charge in [0.15, 0.2) is 0 Å². The Morgan fingerprint density at radius 1 is 1.03 bits per heavy atom. The zero-order valence-corrected chi connectivity index (χ0v) is 16.0. The van der Waals surface area contributed by atoms with Crippen molar-refractivity contribution < 1.29 is 4.79 Å². The van der Waals surface area contributed by atoms with Crippen molar-refractivity contribution in [3.05, 3.63) is 65.9 Å². The number of rotatable bonds is 2. The molecule has 6 heteroatoms. The van der Waals surface area contributed by atoms with E-state index in [0.29, 0.717) is 17.0 Å². The average Bonchev–Trinajstić information content (AvgIpc) is 3.21. The quantitative estimate of drug-likeness (QED) is 0.679. The maximum absolute atomic E-state index is 13.1. The van der Waals surface area contributed by atoms with Crippen molar-refractivity contribution in [3.63, 3.8) is 0 Å². The van der Waals surface area contributed by atoms with Crippen molar-refractivity contribution in [2.24, 2.45) is 5.92 Å². The molecule has 0 aliphatic carbocycles. The van der Waals surface area contributed by atoms with E-state index in [0.717, 1.165) is 49.3 Å². The number of benzene rings is 2. The lowest BCUT2D eigenvalue weighted by Gasteiger charge is -2.39. The van der Waals surface area contributed by atoms with E-state index in [4.69, 9.17) is 10.2 Å². The third kappa shape index (κ3) is 3.19. The van der Waals surface area contributed by atoms with Crippen LogP contribution >= 0.6 is 0 Å². The topological polar surface area (TPSA) is 73.1 Å². The van der Waals surface area contributed by atoms with Gasteiger partial charge in [0.25, 0.3) is 5.91 Å². The molecule has 0 spiro atoms. The summed E-state index contributed by atoms with van der Waals surface area (Å²) in [6.07, 6.45) is 3.94. The summed E-state index contributed by atoms with van der Waals surface area (Å²) in [5, 5.41) is 8.97. The Morgan fingerprint density at radius 3 is 2.59 bits per heavy atom. The molecule has 2 saturated heterocycles. The summed E-state index contributed by atoms with van der Waals surface area (Å²) in [6, 6.07) is 17.1. The first-order chi connectivity index (χ1) is 14.2. The second kappa shape index (κ2) is 7.17. The molecule has 2 fully saturated rings. The number of nitrogens with zero attached hydrogens (tertiary/aromatic N) is 5. The predicted molar refractivity (Wildman–Crippen MR) is 110 cm³/mol. The van der Waals surface area contributed by atoms with Crippen LogP contribution in [-0.4, -0.2) is 46.5 Å². The lowest BCUT2D eigenvalue weighted by molar-refractivity contribution is 0.0712. The molecule has 29 heavy (non-hydrogen) atoms. The minimum absolute atomic E-state index is 0.0495. The van der Waals surface area contributed by atoms with Crippen LogP contribution in [-0.2, 0) is 0 Å². The van der Waals surface area contributed by atoms with E-state index in [9.17, 15) is 4.79 Å². The van der Waals surface area contributed by atoms with Crippen molar-refractivity contribution in [2.45, 2.75) is 18.9 Å². The maximum atomic E-state index is 13.1. The van der Waals surface area contributed by atoms with Crippen molar-refractivity contribution in [1.29, 1.82) is 5.26 Å². The number of likely N-dealkylation sites (tertiary alicyclic amines) is 1. The summed E-state index contributed by atoms with van der Waals surface area (Å²) in [5.74, 6) is 1.45. The summed E-state index contributed by atoms with van der Waals surface area (Å²) in [5.41, 5.74) is 3.00. The normalized spacial score (nSPS) is 21.1. The number of para-hydroxylation sites is 2. The molecule has 144 valence electrons. The highest BCUT2D eigenvalue weighted by molar-refractivity contribution is 5.94. The third-order valence-corrected chi connectivity index (χ3v) is 6.14. The van der Waals surface area contributed by atoms with Crippen molar-refractivity contribution in [3.8, 4) is 6.07 Å². The zero-order valence-electron chi connectivity index (χ0n) is 16.0. The molecule has 0 radical (unpaired) electrons. The number of nitriles is 1. The summed E-state index contributed by atoms with van der Waals surface area (Å²) in [7, 11) is 0. The number of anilines is 1. The van der Waals surface area contributed by atoms with E-state index in [1.165, 1.54) is 0 Å². The van der Waals surface area contributed by atoms with Gasteiger partial charge in [-0.1, -0.05) is 12.1 Å². The minimum atomic E-state index is 0.0495. The van der Waals surface area contributed by atoms with Crippen LogP contribution in [0.3, 0.4) is 0 Å². The van der Waals surface area contributed by atoms with Gasteiger partial charge >= 0.3 is 0 Å². The van der Waals surface area contributed by atoms with Gasteiger partial charge in [-0.15, -0.1) is 0 Å². The molecule has 2 aliphatic heterocycles.